The zero-order valence-corrected chi connectivity index (χ0v) is 12.8. The highest BCUT2D eigenvalue weighted by molar-refractivity contribution is 5.96. The second-order valence-electron chi connectivity index (χ2n) is 5.98. The molecule has 4 nitrogen and oxygen atoms in total. The first-order valence-electron chi connectivity index (χ1n) is 7.43. The van der Waals surface area contributed by atoms with Crippen molar-refractivity contribution in [3.63, 3.8) is 0 Å². The lowest BCUT2D eigenvalue weighted by molar-refractivity contribution is 0.0927. The van der Waals surface area contributed by atoms with Crippen LogP contribution in [-0.2, 0) is 13.0 Å². The van der Waals surface area contributed by atoms with Gasteiger partial charge in [0.15, 0.2) is 0 Å². The second kappa shape index (κ2) is 5.35. The van der Waals surface area contributed by atoms with Crippen molar-refractivity contribution < 1.29 is 4.79 Å². The van der Waals surface area contributed by atoms with Crippen molar-refractivity contribution in [2.45, 2.75) is 46.2 Å². The van der Waals surface area contributed by atoms with Gasteiger partial charge < -0.3 is 9.88 Å². The molecule has 0 bridgehead atoms. The lowest BCUT2D eigenvalue weighted by Gasteiger charge is -2.25. The minimum absolute atomic E-state index is 0.0292. The Morgan fingerprint density at radius 3 is 2.95 bits per heavy atom. The molecule has 2 aromatic rings. The van der Waals surface area contributed by atoms with Crippen LogP contribution in [0.4, 0.5) is 0 Å². The number of carbonyl (C=O) groups excluding carboxylic acids is 1. The molecule has 21 heavy (non-hydrogen) atoms. The van der Waals surface area contributed by atoms with Crippen LogP contribution in [0.1, 0.15) is 39.4 Å². The number of aryl methyl sites for hydroxylation is 4. The molecule has 0 radical (unpaired) electrons. The Labute approximate surface area is 125 Å². The van der Waals surface area contributed by atoms with Crippen molar-refractivity contribution >= 4 is 5.91 Å². The molecule has 1 aromatic carbocycles. The first-order chi connectivity index (χ1) is 10.0. The fraction of sp³-hybridized carbons (Fsp3) is 0.412. The fourth-order valence-electron chi connectivity index (χ4n) is 2.95. The van der Waals surface area contributed by atoms with Gasteiger partial charge in [0.25, 0.3) is 5.91 Å². The molecule has 1 N–H and O–H groups in total. The van der Waals surface area contributed by atoms with E-state index in [4.69, 9.17) is 0 Å². The zero-order chi connectivity index (χ0) is 15.0. The molecule has 4 heteroatoms. The molecule has 1 amide bonds. The quantitative estimate of drug-likeness (QED) is 0.920. The van der Waals surface area contributed by atoms with Gasteiger partial charge in [-0.2, -0.15) is 0 Å². The molecule has 0 saturated carbocycles. The van der Waals surface area contributed by atoms with Crippen molar-refractivity contribution in [2.24, 2.45) is 0 Å². The molecule has 2 heterocycles. The summed E-state index contributed by atoms with van der Waals surface area (Å²) < 4.78 is 2.16. The molecule has 0 saturated heterocycles. The van der Waals surface area contributed by atoms with Crippen molar-refractivity contribution in [3.05, 3.63) is 52.6 Å². The first kappa shape index (κ1) is 13.9. The summed E-state index contributed by atoms with van der Waals surface area (Å²) in [7, 11) is 0. The summed E-state index contributed by atoms with van der Waals surface area (Å²) in [4.78, 5) is 17.0. The number of nitrogens with one attached hydrogen (secondary N) is 1. The molecule has 0 aliphatic carbocycles. The van der Waals surface area contributed by atoms with E-state index in [9.17, 15) is 4.79 Å². The number of hydrogen-bond acceptors (Lipinski definition) is 2. The van der Waals surface area contributed by atoms with Gasteiger partial charge in [0.1, 0.15) is 5.82 Å². The van der Waals surface area contributed by atoms with Crippen LogP contribution in [-0.4, -0.2) is 21.5 Å². The summed E-state index contributed by atoms with van der Waals surface area (Å²) in [6, 6.07) is 6.18. The highest BCUT2D eigenvalue weighted by atomic mass is 16.1. The van der Waals surface area contributed by atoms with Crippen LogP contribution in [0.3, 0.4) is 0 Å². The standard InChI is InChI=1S/C17H21N3O/c1-11-4-5-12(2)15(8-11)17(21)19-14-6-7-16-18-13(3)9-20(16)10-14/h4-5,8-9,14H,6-7,10H2,1-3H3,(H,19,21). The molecule has 3 rings (SSSR count). The summed E-state index contributed by atoms with van der Waals surface area (Å²) in [5.41, 5.74) is 3.96. The molecular formula is C17H21N3O. The Bertz CT molecular complexity index is 687. The first-order valence-corrected chi connectivity index (χ1v) is 7.43. The second-order valence-corrected chi connectivity index (χ2v) is 5.98. The average molecular weight is 283 g/mol. The normalized spacial score (nSPS) is 17.4. The van der Waals surface area contributed by atoms with E-state index >= 15 is 0 Å². The smallest absolute Gasteiger partial charge is 0.251 e. The number of aromatic nitrogens is 2. The lowest BCUT2D eigenvalue weighted by Crippen LogP contribution is -2.41. The van der Waals surface area contributed by atoms with E-state index < -0.39 is 0 Å². The van der Waals surface area contributed by atoms with Crippen LogP contribution in [0, 0.1) is 20.8 Å². The maximum absolute atomic E-state index is 12.5. The third-order valence-electron chi connectivity index (χ3n) is 4.09. The van der Waals surface area contributed by atoms with E-state index in [-0.39, 0.29) is 11.9 Å². The zero-order valence-electron chi connectivity index (χ0n) is 12.8. The van der Waals surface area contributed by atoms with Crippen LogP contribution in [0.15, 0.2) is 24.4 Å². The van der Waals surface area contributed by atoms with Gasteiger partial charge in [-0.15, -0.1) is 0 Å². The van der Waals surface area contributed by atoms with Gasteiger partial charge >= 0.3 is 0 Å². The van der Waals surface area contributed by atoms with E-state index in [0.29, 0.717) is 0 Å². The molecule has 1 aliphatic rings. The largest absolute Gasteiger partial charge is 0.347 e. The molecule has 1 atom stereocenters. The van der Waals surface area contributed by atoms with Crippen molar-refractivity contribution in [1.29, 1.82) is 0 Å². The maximum atomic E-state index is 12.5. The molecule has 110 valence electrons. The number of amides is 1. The van der Waals surface area contributed by atoms with Gasteiger partial charge in [-0.25, -0.2) is 4.98 Å². The summed E-state index contributed by atoms with van der Waals surface area (Å²) in [6.45, 7) is 6.81. The van der Waals surface area contributed by atoms with Gasteiger partial charge in [0.2, 0.25) is 0 Å². The Kier molecular flexibility index (Phi) is 3.53. The number of hydrogen-bond donors (Lipinski definition) is 1. The molecule has 0 spiro atoms. The van der Waals surface area contributed by atoms with Crippen molar-refractivity contribution in [3.8, 4) is 0 Å². The SMILES string of the molecule is Cc1ccc(C)c(C(=O)NC2CCc3nc(C)cn3C2)c1. The van der Waals surface area contributed by atoms with E-state index in [2.05, 4.69) is 21.1 Å². The lowest BCUT2D eigenvalue weighted by atomic mass is 10.0. The Morgan fingerprint density at radius 1 is 1.33 bits per heavy atom. The molecular weight excluding hydrogens is 262 g/mol. The Morgan fingerprint density at radius 2 is 2.14 bits per heavy atom. The molecule has 0 fully saturated rings. The summed E-state index contributed by atoms with van der Waals surface area (Å²) in [6.07, 6.45) is 3.93. The molecule has 1 aromatic heterocycles. The number of fused-ring (bicyclic) bond motifs is 1. The van der Waals surface area contributed by atoms with E-state index in [1.54, 1.807) is 0 Å². The third-order valence-corrected chi connectivity index (χ3v) is 4.09. The number of nitrogens with zero attached hydrogens (tertiary/aromatic N) is 2. The predicted octanol–water partition coefficient (Wildman–Crippen LogP) is 2.55. The van der Waals surface area contributed by atoms with E-state index in [0.717, 1.165) is 47.6 Å². The summed E-state index contributed by atoms with van der Waals surface area (Å²) in [5.74, 6) is 1.16. The highest BCUT2D eigenvalue weighted by Crippen LogP contribution is 2.16. The summed E-state index contributed by atoms with van der Waals surface area (Å²) in [5, 5.41) is 3.17. The van der Waals surface area contributed by atoms with Crippen molar-refractivity contribution in [1.82, 2.24) is 14.9 Å². The number of imidazole rings is 1. The monoisotopic (exact) mass is 283 g/mol. The fourth-order valence-corrected chi connectivity index (χ4v) is 2.95. The van der Waals surface area contributed by atoms with Gasteiger partial charge in [-0.1, -0.05) is 17.7 Å². The topological polar surface area (TPSA) is 46.9 Å². The maximum Gasteiger partial charge on any atom is 0.251 e. The van der Waals surface area contributed by atoms with Gasteiger partial charge in [-0.05, 0) is 38.8 Å². The van der Waals surface area contributed by atoms with Gasteiger partial charge in [0, 0.05) is 30.8 Å². The third kappa shape index (κ3) is 2.84. The molecule has 1 aliphatic heterocycles. The summed E-state index contributed by atoms with van der Waals surface area (Å²) >= 11 is 0. The highest BCUT2D eigenvalue weighted by Gasteiger charge is 2.22. The van der Waals surface area contributed by atoms with Crippen LogP contribution in [0.25, 0.3) is 0 Å². The van der Waals surface area contributed by atoms with Crippen LogP contribution >= 0.6 is 0 Å². The van der Waals surface area contributed by atoms with E-state index in [1.165, 1.54) is 0 Å². The number of carbonyl (C=O) groups is 1. The Hall–Kier alpha value is -2.10. The molecule has 1 unspecified atom stereocenters. The average Bonchev–Trinajstić information content (AvgIpc) is 2.80. The minimum atomic E-state index is 0.0292. The van der Waals surface area contributed by atoms with Crippen molar-refractivity contribution in [2.75, 3.05) is 0 Å². The number of benzene rings is 1. The van der Waals surface area contributed by atoms with Crippen LogP contribution < -0.4 is 5.32 Å². The van der Waals surface area contributed by atoms with Crippen LogP contribution in [0.5, 0.6) is 0 Å². The predicted molar refractivity (Wildman–Crippen MR) is 82.5 cm³/mol. The number of rotatable bonds is 2. The van der Waals surface area contributed by atoms with Crippen LogP contribution in [0.2, 0.25) is 0 Å². The minimum Gasteiger partial charge on any atom is -0.347 e. The Balaban J connectivity index is 1.73. The van der Waals surface area contributed by atoms with E-state index in [1.807, 2.05) is 39.0 Å². The van der Waals surface area contributed by atoms with Gasteiger partial charge in [0.05, 0.1) is 5.69 Å². The van der Waals surface area contributed by atoms with Gasteiger partial charge in [-0.3, -0.25) is 4.79 Å².